The number of anilines is 3. The number of likely N-dealkylation sites (N-methyl/N-ethyl adjacent to an activating group) is 1. The molecular weight excluding hydrogens is 433 g/mol. The van der Waals surface area contributed by atoms with Crippen molar-refractivity contribution in [2.24, 2.45) is 5.92 Å². The second kappa shape index (κ2) is 11.4. The number of piperazine rings is 1. The van der Waals surface area contributed by atoms with E-state index in [9.17, 15) is 0 Å². The molecule has 0 bridgehead atoms. The maximum atomic E-state index is 6.14. The van der Waals surface area contributed by atoms with Gasteiger partial charge in [0.05, 0.1) is 0 Å². The summed E-state index contributed by atoms with van der Waals surface area (Å²) in [5.74, 6) is 2.43. The molecule has 35 heavy (non-hydrogen) atoms. The van der Waals surface area contributed by atoms with E-state index >= 15 is 0 Å². The molecule has 4 rings (SSSR count). The number of hydrogen-bond acceptors (Lipinski definition) is 7. The first-order chi connectivity index (χ1) is 16.9. The number of rotatable bonds is 11. The summed E-state index contributed by atoms with van der Waals surface area (Å²) in [5, 5.41) is 9.74. The molecule has 182 valence electrons. The minimum absolute atomic E-state index is 0.477. The van der Waals surface area contributed by atoms with Gasteiger partial charge in [0, 0.05) is 50.8 Å². The average molecular weight is 469 g/mol. The van der Waals surface area contributed by atoms with Gasteiger partial charge >= 0.3 is 0 Å². The van der Waals surface area contributed by atoms with Gasteiger partial charge in [-0.2, -0.15) is 4.98 Å². The number of allylic oxidation sites excluding steroid dienone is 3. The van der Waals surface area contributed by atoms with Crippen LogP contribution in [0.2, 0.25) is 0 Å². The standard InChI is InChI=1S/C27H36BN7/c1-19(22-10-11-22)16-25(29-3)32-26-24(28)18-30-27(33-26)31-23-7-5-6-21(17-23)9-8-20(2)35-14-12-34(4)13-15-35/h5-7,16-18,22,29H,1-2,8-15H2,3-4H3,(H2,30,31,32,33)/b25-16+. The zero-order chi connectivity index (χ0) is 24.8. The molecular formula is C27H36BN7. The zero-order valence-corrected chi connectivity index (χ0v) is 21.0. The van der Waals surface area contributed by atoms with Crippen molar-refractivity contribution in [3.63, 3.8) is 0 Å². The quantitative estimate of drug-likeness (QED) is 0.345. The fraction of sp³-hybridized carbons (Fsp3) is 0.407. The van der Waals surface area contributed by atoms with Gasteiger partial charge in [-0.3, -0.25) is 0 Å². The third kappa shape index (κ3) is 7.12. The van der Waals surface area contributed by atoms with Crippen molar-refractivity contribution in [3.05, 3.63) is 72.4 Å². The van der Waals surface area contributed by atoms with E-state index < -0.39 is 0 Å². The second-order valence-corrected chi connectivity index (χ2v) is 9.46. The Morgan fingerprint density at radius 3 is 2.69 bits per heavy atom. The lowest BCUT2D eigenvalue weighted by atomic mass is 9.99. The van der Waals surface area contributed by atoms with E-state index in [1.807, 2.05) is 19.2 Å². The third-order valence-electron chi connectivity index (χ3n) is 6.61. The maximum Gasteiger partial charge on any atom is 0.229 e. The normalized spacial score (nSPS) is 16.6. The van der Waals surface area contributed by atoms with Crippen LogP contribution in [0.15, 0.2) is 66.8 Å². The molecule has 3 N–H and O–H groups in total. The van der Waals surface area contributed by atoms with E-state index in [0.717, 1.165) is 56.1 Å². The molecule has 0 spiro atoms. The maximum absolute atomic E-state index is 6.14. The van der Waals surface area contributed by atoms with Crippen molar-refractivity contribution >= 4 is 30.8 Å². The molecule has 1 saturated heterocycles. The lowest BCUT2D eigenvalue weighted by molar-refractivity contribution is 0.183. The van der Waals surface area contributed by atoms with Crippen LogP contribution in [-0.2, 0) is 6.42 Å². The van der Waals surface area contributed by atoms with E-state index in [4.69, 9.17) is 7.85 Å². The van der Waals surface area contributed by atoms with Crippen LogP contribution in [0.3, 0.4) is 0 Å². The van der Waals surface area contributed by atoms with Crippen LogP contribution in [0.5, 0.6) is 0 Å². The van der Waals surface area contributed by atoms with Gasteiger partial charge in [0.2, 0.25) is 5.95 Å². The predicted molar refractivity (Wildman–Crippen MR) is 146 cm³/mol. The summed E-state index contributed by atoms with van der Waals surface area (Å²) < 4.78 is 0. The molecule has 2 radical (unpaired) electrons. The molecule has 2 fully saturated rings. The number of nitrogens with one attached hydrogen (secondary N) is 3. The third-order valence-corrected chi connectivity index (χ3v) is 6.61. The van der Waals surface area contributed by atoms with Crippen LogP contribution in [-0.4, -0.2) is 67.9 Å². The Morgan fingerprint density at radius 1 is 1.20 bits per heavy atom. The van der Waals surface area contributed by atoms with Crippen LogP contribution in [0.25, 0.3) is 0 Å². The number of aryl methyl sites for hydroxylation is 1. The highest BCUT2D eigenvalue weighted by Crippen LogP contribution is 2.36. The van der Waals surface area contributed by atoms with Gasteiger partial charge < -0.3 is 25.8 Å². The molecule has 2 aromatic rings. The van der Waals surface area contributed by atoms with Gasteiger partial charge in [-0.25, -0.2) is 4.98 Å². The van der Waals surface area contributed by atoms with E-state index in [0.29, 0.717) is 23.1 Å². The lowest BCUT2D eigenvalue weighted by Crippen LogP contribution is -2.43. The van der Waals surface area contributed by atoms with Crippen molar-refractivity contribution in [2.45, 2.75) is 25.7 Å². The summed E-state index contributed by atoms with van der Waals surface area (Å²) in [5.41, 5.74) is 4.99. The number of nitrogens with zero attached hydrogens (tertiary/aromatic N) is 4. The van der Waals surface area contributed by atoms with Crippen LogP contribution < -0.4 is 21.4 Å². The largest absolute Gasteiger partial charge is 0.375 e. The fourth-order valence-electron chi connectivity index (χ4n) is 4.11. The number of aromatic nitrogens is 2. The lowest BCUT2D eigenvalue weighted by Gasteiger charge is -2.35. The SMILES string of the molecule is [B]c1cnc(Nc2cccc(CCC(=C)N3CCN(C)CC3)c2)nc1N/C(=C/C(=C)C1CC1)NC. The Balaban J connectivity index is 1.37. The molecule has 2 aliphatic rings. The Bertz CT molecular complexity index is 1080. The summed E-state index contributed by atoms with van der Waals surface area (Å²) in [6, 6.07) is 8.36. The molecule has 8 heteroatoms. The van der Waals surface area contributed by atoms with E-state index in [1.165, 1.54) is 24.1 Å². The van der Waals surface area contributed by atoms with E-state index in [1.54, 1.807) is 6.20 Å². The highest BCUT2D eigenvalue weighted by atomic mass is 15.2. The van der Waals surface area contributed by atoms with Crippen molar-refractivity contribution in [1.82, 2.24) is 25.1 Å². The number of hydrogen-bond donors (Lipinski definition) is 3. The van der Waals surface area contributed by atoms with Crippen molar-refractivity contribution in [3.8, 4) is 0 Å². The minimum Gasteiger partial charge on any atom is -0.375 e. The van der Waals surface area contributed by atoms with Crippen LogP contribution in [0.1, 0.15) is 24.8 Å². The first-order valence-electron chi connectivity index (χ1n) is 12.4. The molecule has 1 aliphatic heterocycles. The summed E-state index contributed by atoms with van der Waals surface area (Å²) in [4.78, 5) is 13.7. The highest BCUT2D eigenvalue weighted by molar-refractivity contribution is 6.35. The fourth-order valence-corrected chi connectivity index (χ4v) is 4.11. The summed E-state index contributed by atoms with van der Waals surface area (Å²) in [6.07, 6.45) is 7.94. The van der Waals surface area contributed by atoms with Crippen LogP contribution in [0, 0.1) is 5.92 Å². The highest BCUT2D eigenvalue weighted by Gasteiger charge is 2.23. The van der Waals surface area contributed by atoms with Crippen LogP contribution >= 0.6 is 0 Å². The van der Waals surface area contributed by atoms with Gasteiger partial charge in [0.1, 0.15) is 19.5 Å². The van der Waals surface area contributed by atoms with Gasteiger partial charge in [-0.1, -0.05) is 25.3 Å². The molecule has 1 aromatic heterocycles. The van der Waals surface area contributed by atoms with Crippen molar-refractivity contribution in [1.29, 1.82) is 0 Å². The summed E-state index contributed by atoms with van der Waals surface area (Å²) in [7, 11) is 10.2. The predicted octanol–water partition coefficient (Wildman–Crippen LogP) is 3.15. The van der Waals surface area contributed by atoms with E-state index in [-0.39, 0.29) is 0 Å². The smallest absolute Gasteiger partial charge is 0.229 e. The Labute approximate surface area is 210 Å². The summed E-state index contributed by atoms with van der Waals surface area (Å²) >= 11 is 0. The van der Waals surface area contributed by atoms with Gasteiger partial charge in [0.25, 0.3) is 0 Å². The molecule has 1 aromatic carbocycles. The molecule has 0 unspecified atom stereocenters. The molecule has 1 aliphatic carbocycles. The Hall–Kier alpha value is -3.26. The first-order valence-corrected chi connectivity index (χ1v) is 12.4. The first kappa shape index (κ1) is 24.9. The van der Waals surface area contributed by atoms with Gasteiger partial charge in [-0.15, -0.1) is 0 Å². The number of benzene rings is 1. The van der Waals surface area contributed by atoms with Gasteiger partial charge in [-0.05, 0) is 73.5 Å². The molecule has 0 amide bonds. The Kier molecular flexibility index (Phi) is 8.13. The van der Waals surface area contributed by atoms with Crippen molar-refractivity contribution in [2.75, 3.05) is 50.9 Å². The molecule has 2 heterocycles. The Morgan fingerprint density at radius 2 is 1.97 bits per heavy atom. The minimum atomic E-state index is 0.477. The summed E-state index contributed by atoms with van der Waals surface area (Å²) in [6.45, 7) is 12.8. The van der Waals surface area contributed by atoms with Crippen LogP contribution in [0.4, 0.5) is 17.5 Å². The topological polar surface area (TPSA) is 68.4 Å². The monoisotopic (exact) mass is 469 g/mol. The molecule has 1 saturated carbocycles. The van der Waals surface area contributed by atoms with E-state index in [2.05, 4.69) is 74.1 Å². The molecule has 0 atom stereocenters. The molecule has 7 nitrogen and oxygen atoms in total. The van der Waals surface area contributed by atoms with Gasteiger partial charge in [0.15, 0.2) is 0 Å². The zero-order valence-electron chi connectivity index (χ0n) is 21.0. The van der Waals surface area contributed by atoms with Crippen molar-refractivity contribution < 1.29 is 0 Å². The average Bonchev–Trinajstić information content (AvgIpc) is 3.70. The second-order valence-electron chi connectivity index (χ2n) is 9.46.